The molecule has 1 fully saturated rings. The lowest BCUT2D eigenvalue weighted by molar-refractivity contribution is 0.0156. The molecule has 0 bridgehead atoms. The summed E-state index contributed by atoms with van der Waals surface area (Å²) < 4.78 is 5.42. The zero-order chi connectivity index (χ0) is 18.8. The number of aromatic nitrogens is 1. The Kier molecular flexibility index (Phi) is 5.70. The van der Waals surface area contributed by atoms with Crippen molar-refractivity contribution < 1.29 is 14.3 Å². The number of carbonyl (C=O) groups excluding carboxylic acids is 2. The fraction of sp³-hybridized carbons (Fsp3) is 0.632. The number of rotatable bonds is 2. The zero-order valence-electron chi connectivity index (χ0n) is 16.1. The maximum atomic E-state index is 12.7. The Balaban J connectivity index is 1.95. The molecule has 6 heteroatoms. The van der Waals surface area contributed by atoms with E-state index in [0.717, 1.165) is 24.2 Å². The molecule has 0 unspecified atom stereocenters. The summed E-state index contributed by atoms with van der Waals surface area (Å²) in [5, 5.41) is 0. The van der Waals surface area contributed by atoms with E-state index in [0.29, 0.717) is 18.7 Å². The molecule has 0 aliphatic carbocycles. The maximum absolute atomic E-state index is 12.7. The van der Waals surface area contributed by atoms with Gasteiger partial charge in [-0.1, -0.05) is 0 Å². The van der Waals surface area contributed by atoms with Crippen LogP contribution in [0.2, 0.25) is 0 Å². The molecule has 0 N–H and O–H groups in total. The van der Waals surface area contributed by atoms with Crippen LogP contribution in [0.15, 0.2) is 12.1 Å². The summed E-state index contributed by atoms with van der Waals surface area (Å²) in [7, 11) is 1.77. The van der Waals surface area contributed by atoms with Gasteiger partial charge < -0.3 is 14.5 Å². The van der Waals surface area contributed by atoms with Crippen LogP contribution in [-0.2, 0) is 4.74 Å². The predicted octanol–water partition coefficient (Wildman–Crippen LogP) is 3.17. The summed E-state index contributed by atoms with van der Waals surface area (Å²) in [6, 6.07) is 3.80. The fourth-order valence-corrected chi connectivity index (χ4v) is 3.02. The van der Waals surface area contributed by atoms with E-state index in [1.165, 1.54) is 0 Å². The molecule has 2 rings (SSSR count). The van der Waals surface area contributed by atoms with Crippen molar-refractivity contribution in [3.8, 4) is 0 Å². The molecule has 1 aliphatic heterocycles. The maximum Gasteiger partial charge on any atom is 0.410 e. The van der Waals surface area contributed by atoms with Gasteiger partial charge in [0, 0.05) is 31.9 Å². The summed E-state index contributed by atoms with van der Waals surface area (Å²) in [5.74, 6) is 0.0170. The van der Waals surface area contributed by atoms with Crippen LogP contribution in [0, 0.1) is 13.8 Å². The lowest BCUT2D eigenvalue weighted by Crippen LogP contribution is -2.48. The molecule has 0 aromatic carbocycles. The van der Waals surface area contributed by atoms with Crippen molar-refractivity contribution in [3.63, 3.8) is 0 Å². The molecule has 0 spiro atoms. The number of amides is 2. The van der Waals surface area contributed by atoms with E-state index in [9.17, 15) is 9.59 Å². The quantitative estimate of drug-likeness (QED) is 0.824. The fourth-order valence-electron chi connectivity index (χ4n) is 3.02. The van der Waals surface area contributed by atoms with Crippen molar-refractivity contribution in [2.24, 2.45) is 0 Å². The minimum absolute atomic E-state index is 0.0170. The number of ether oxygens (including phenoxy) is 1. The topological polar surface area (TPSA) is 62.7 Å². The molecule has 138 valence electrons. The molecule has 0 atom stereocenters. The molecule has 1 aromatic rings. The van der Waals surface area contributed by atoms with Crippen LogP contribution in [0.3, 0.4) is 0 Å². The van der Waals surface area contributed by atoms with E-state index in [2.05, 4.69) is 4.98 Å². The monoisotopic (exact) mass is 347 g/mol. The van der Waals surface area contributed by atoms with Crippen LogP contribution in [0.4, 0.5) is 4.79 Å². The van der Waals surface area contributed by atoms with Crippen LogP contribution in [0.1, 0.15) is 55.4 Å². The second kappa shape index (κ2) is 7.42. The van der Waals surface area contributed by atoms with Crippen molar-refractivity contribution in [1.82, 2.24) is 14.8 Å². The summed E-state index contributed by atoms with van der Waals surface area (Å²) in [6.07, 6.45) is 1.19. The van der Waals surface area contributed by atoms with E-state index in [1.54, 1.807) is 11.9 Å². The Morgan fingerprint density at radius 3 is 2.32 bits per heavy atom. The van der Waals surface area contributed by atoms with Crippen molar-refractivity contribution in [2.75, 3.05) is 20.1 Å². The van der Waals surface area contributed by atoms with Gasteiger partial charge in [0.15, 0.2) is 0 Å². The van der Waals surface area contributed by atoms with Crippen LogP contribution in [0.5, 0.6) is 0 Å². The van der Waals surface area contributed by atoms with Crippen LogP contribution >= 0.6 is 0 Å². The van der Waals surface area contributed by atoms with E-state index in [4.69, 9.17) is 4.74 Å². The minimum atomic E-state index is -0.502. The second-order valence-electron chi connectivity index (χ2n) is 7.70. The molecule has 6 nitrogen and oxygen atoms in total. The number of hydrogen-bond donors (Lipinski definition) is 0. The van der Waals surface area contributed by atoms with Crippen molar-refractivity contribution in [3.05, 3.63) is 29.1 Å². The Hall–Kier alpha value is -2.11. The Labute approximate surface area is 150 Å². The summed E-state index contributed by atoms with van der Waals surface area (Å²) in [4.78, 5) is 32.8. The third-order valence-corrected chi connectivity index (χ3v) is 4.44. The smallest absolute Gasteiger partial charge is 0.410 e. The third-order valence-electron chi connectivity index (χ3n) is 4.44. The van der Waals surface area contributed by atoms with Gasteiger partial charge in [0.2, 0.25) is 0 Å². The molecule has 1 aromatic heterocycles. The summed E-state index contributed by atoms with van der Waals surface area (Å²) in [5.41, 5.74) is 1.83. The highest BCUT2D eigenvalue weighted by Gasteiger charge is 2.30. The van der Waals surface area contributed by atoms with Gasteiger partial charge in [-0.15, -0.1) is 0 Å². The first-order valence-corrected chi connectivity index (χ1v) is 8.78. The molecule has 1 aliphatic rings. The van der Waals surface area contributed by atoms with Crippen molar-refractivity contribution >= 4 is 12.0 Å². The van der Waals surface area contributed by atoms with Crippen LogP contribution < -0.4 is 0 Å². The SMILES string of the molecule is Cc1ccc(C(=O)N2CCC(N(C)C(=O)OC(C)(C)C)CC2)c(C)n1. The molecule has 0 saturated carbocycles. The van der Waals surface area contributed by atoms with E-state index in [1.807, 2.05) is 51.7 Å². The van der Waals surface area contributed by atoms with E-state index in [-0.39, 0.29) is 18.0 Å². The molecule has 1 saturated heterocycles. The summed E-state index contributed by atoms with van der Waals surface area (Å²) in [6.45, 7) is 10.6. The Bertz CT molecular complexity index is 644. The lowest BCUT2D eigenvalue weighted by atomic mass is 10.0. The predicted molar refractivity (Wildman–Crippen MR) is 96.6 cm³/mol. The summed E-state index contributed by atoms with van der Waals surface area (Å²) >= 11 is 0. The molecular weight excluding hydrogens is 318 g/mol. The molecule has 0 radical (unpaired) electrons. The van der Waals surface area contributed by atoms with Gasteiger partial charge in [-0.25, -0.2) is 4.79 Å². The minimum Gasteiger partial charge on any atom is -0.444 e. The average Bonchev–Trinajstić information content (AvgIpc) is 2.52. The Morgan fingerprint density at radius 1 is 1.20 bits per heavy atom. The van der Waals surface area contributed by atoms with Gasteiger partial charge in [0.25, 0.3) is 5.91 Å². The highest BCUT2D eigenvalue weighted by Crippen LogP contribution is 2.20. The highest BCUT2D eigenvalue weighted by molar-refractivity contribution is 5.95. The number of aryl methyl sites for hydroxylation is 2. The van der Waals surface area contributed by atoms with Crippen molar-refractivity contribution in [2.45, 2.75) is 59.1 Å². The van der Waals surface area contributed by atoms with Gasteiger partial charge in [-0.3, -0.25) is 9.78 Å². The number of hydrogen-bond acceptors (Lipinski definition) is 4. The number of likely N-dealkylation sites (tertiary alicyclic amines) is 1. The first kappa shape index (κ1) is 19.2. The van der Waals surface area contributed by atoms with E-state index >= 15 is 0 Å². The number of piperidine rings is 1. The molecular formula is C19H29N3O3. The van der Waals surface area contributed by atoms with Crippen molar-refractivity contribution in [1.29, 1.82) is 0 Å². The van der Waals surface area contributed by atoms with Gasteiger partial charge in [-0.05, 0) is 59.6 Å². The van der Waals surface area contributed by atoms with E-state index < -0.39 is 5.60 Å². The first-order valence-electron chi connectivity index (χ1n) is 8.78. The van der Waals surface area contributed by atoms with Gasteiger partial charge in [0.1, 0.15) is 5.60 Å². The molecule has 2 heterocycles. The normalized spacial score (nSPS) is 15.8. The molecule has 2 amide bonds. The number of pyridine rings is 1. The third kappa shape index (κ3) is 4.94. The van der Waals surface area contributed by atoms with Crippen LogP contribution in [0.25, 0.3) is 0 Å². The largest absolute Gasteiger partial charge is 0.444 e. The zero-order valence-corrected chi connectivity index (χ0v) is 16.1. The van der Waals surface area contributed by atoms with Gasteiger partial charge in [0.05, 0.1) is 11.3 Å². The number of carbonyl (C=O) groups is 2. The standard InChI is InChI=1S/C19H29N3O3/c1-13-7-8-16(14(2)20-13)17(23)22-11-9-15(10-12-22)21(6)18(24)25-19(3,4)5/h7-8,15H,9-12H2,1-6H3. The van der Waals surface area contributed by atoms with Gasteiger partial charge in [-0.2, -0.15) is 0 Å². The number of nitrogens with zero attached hydrogens (tertiary/aromatic N) is 3. The lowest BCUT2D eigenvalue weighted by Gasteiger charge is -2.37. The average molecular weight is 347 g/mol. The van der Waals surface area contributed by atoms with Gasteiger partial charge >= 0.3 is 6.09 Å². The second-order valence-corrected chi connectivity index (χ2v) is 7.70. The first-order chi connectivity index (χ1) is 11.6. The molecule has 25 heavy (non-hydrogen) atoms. The van der Waals surface area contributed by atoms with Crippen LogP contribution in [-0.4, -0.2) is 58.6 Å². The highest BCUT2D eigenvalue weighted by atomic mass is 16.6. The Morgan fingerprint density at radius 2 is 1.80 bits per heavy atom.